The predicted molar refractivity (Wildman–Crippen MR) is 89.0 cm³/mol. The van der Waals surface area contributed by atoms with Crippen molar-refractivity contribution in [2.24, 2.45) is 0 Å². The van der Waals surface area contributed by atoms with Crippen LogP contribution in [0.2, 0.25) is 0 Å². The summed E-state index contributed by atoms with van der Waals surface area (Å²) in [7, 11) is 0. The monoisotopic (exact) mass is 313 g/mol. The number of hydrogen-bond donors (Lipinski definition) is 2. The summed E-state index contributed by atoms with van der Waals surface area (Å²) >= 11 is 0. The van der Waals surface area contributed by atoms with Gasteiger partial charge in [-0.15, -0.1) is 0 Å². The molecule has 5 heteroatoms. The summed E-state index contributed by atoms with van der Waals surface area (Å²) in [5, 5.41) is 16.8. The third-order valence-electron chi connectivity index (χ3n) is 4.34. The van der Waals surface area contributed by atoms with Crippen LogP contribution in [0.25, 0.3) is 5.69 Å². The van der Waals surface area contributed by atoms with E-state index in [0.717, 1.165) is 41.8 Å². The Morgan fingerprint density at radius 1 is 1.35 bits per heavy atom. The van der Waals surface area contributed by atoms with Gasteiger partial charge in [0.05, 0.1) is 17.8 Å². The van der Waals surface area contributed by atoms with Gasteiger partial charge in [0.25, 0.3) is 5.91 Å². The number of aliphatic hydroxyl groups is 1. The molecule has 0 fully saturated rings. The van der Waals surface area contributed by atoms with Crippen LogP contribution in [-0.2, 0) is 12.8 Å². The molecule has 0 spiro atoms. The van der Waals surface area contributed by atoms with Crippen LogP contribution in [0.1, 0.15) is 47.6 Å². The van der Waals surface area contributed by atoms with E-state index in [1.807, 2.05) is 35.9 Å². The Morgan fingerprint density at radius 3 is 2.78 bits per heavy atom. The van der Waals surface area contributed by atoms with Crippen molar-refractivity contribution in [1.29, 1.82) is 0 Å². The molecule has 1 aromatic heterocycles. The quantitative estimate of drug-likeness (QED) is 0.909. The van der Waals surface area contributed by atoms with Crippen LogP contribution >= 0.6 is 0 Å². The van der Waals surface area contributed by atoms with Gasteiger partial charge in [0.1, 0.15) is 0 Å². The first-order valence-corrected chi connectivity index (χ1v) is 8.03. The molecule has 1 aliphatic rings. The lowest BCUT2D eigenvalue weighted by Crippen LogP contribution is -2.46. The minimum Gasteiger partial charge on any atom is -0.394 e. The summed E-state index contributed by atoms with van der Waals surface area (Å²) in [5.74, 6) is -0.213. The van der Waals surface area contributed by atoms with Gasteiger partial charge in [-0.3, -0.25) is 4.79 Å². The van der Waals surface area contributed by atoms with Gasteiger partial charge in [-0.25, -0.2) is 4.68 Å². The second-order valence-electron chi connectivity index (χ2n) is 6.82. The predicted octanol–water partition coefficient (Wildman–Crippen LogP) is 2.17. The van der Waals surface area contributed by atoms with Gasteiger partial charge in [0.2, 0.25) is 0 Å². The number of carbonyl (C=O) groups excluding carboxylic acids is 1. The van der Waals surface area contributed by atoms with E-state index in [4.69, 9.17) is 0 Å². The molecule has 1 amide bonds. The molecule has 3 rings (SSSR count). The zero-order valence-corrected chi connectivity index (χ0v) is 13.9. The minimum absolute atomic E-state index is 0.112. The topological polar surface area (TPSA) is 67.2 Å². The van der Waals surface area contributed by atoms with Gasteiger partial charge >= 0.3 is 0 Å². The fourth-order valence-electron chi connectivity index (χ4n) is 3.03. The highest BCUT2D eigenvalue weighted by Crippen LogP contribution is 2.29. The third-order valence-corrected chi connectivity index (χ3v) is 4.34. The Labute approximate surface area is 136 Å². The smallest absolute Gasteiger partial charge is 0.272 e. The van der Waals surface area contributed by atoms with E-state index in [-0.39, 0.29) is 12.5 Å². The van der Waals surface area contributed by atoms with E-state index in [1.54, 1.807) is 13.8 Å². The number of aliphatic hydroxyl groups excluding tert-OH is 1. The van der Waals surface area contributed by atoms with E-state index in [9.17, 15) is 9.90 Å². The van der Waals surface area contributed by atoms with E-state index >= 15 is 0 Å². The number of amides is 1. The van der Waals surface area contributed by atoms with Crippen molar-refractivity contribution in [2.75, 3.05) is 6.61 Å². The molecule has 0 radical (unpaired) electrons. The van der Waals surface area contributed by atoms with Crippen LogP contribution in [0.3, 0.4) is 0 Å². The molecule has 0 saturated heterocycles. The summed E-state index contributed by atoms with van der Waals surface area (Å²) < 4.78 is 1.92. The molecule has 5 nitrogen and oxygen atoms in total. The second kappa shape index (κ2) is 5.81. The number of hydrogen-bond acceptors (Lipinski definition) is 3. The maximum Gasteiger partial charge on any atom is 0.272 e. The Bertz CT molecular complexity index is 747. The molecule has 2 aromatic rings. The van der Waals surface area contributed by atoms with E-state index < -0.39 is 5.54 Å². The van der Waals surface area contributed by atoms with Gasteiger partial charge in [0, 0.05) is 11.3 Å². The molecule has 0 bridgehead atoms. The van der Waals surface area contributed by atoms with Crippen LogP contribution in [0.5, 0.6) is 0 Å². The van der Waals surface area contributed by atoms with Crippen molar-refractivity contribution in [2.45, 2.75) is 45.6 Å². The lowest BCUT2D eigenvalue weighted by molar-refractivity contribution is 0.0863. The largest absolute Gasteiger partial charge is 0.394 e. The second-order valence-corrected chi connectivity index (χ2v) is 6.82. The number of para-hydroxylation sites is 1. The van der Waals surface area contributed by atoms with Crippen molar-refractivity contribution in [3.8, 4) is 5.69 Å². The molecule has 0 saturated carbocycles. The molecule has 0 atom stereocenters. The maximum absolute atomic E-state index is 12.6. The number of carbonyl (C=O) groups is 1. The number of fused-ring (bicyclic) bond motifs is 1. The zero-order chi connectivity index (χ0) is 16.6. The van der Waals surface area contributed by atoms with Crippen molar-refractivity contribution in [3.05, 3.63) is 46.8 Å². The summed E-state index contributed by atoms with van der Waals surface area (Å²) in [6.07, 6.45) is 2.86. The van der Waals surface area contributed by atoms with E-state index in [2.05, 4.69) is 10.4 Å². The number of aromatic nitrogens is 2. The zero-order valence-electron chi connectivity index (χ0n) is 13.9. The van der Waals surface area contributed by atoms with Crippen LogP contribution < -0.4 is 5.32 Å². The molecule has 23 heavy (non-hydrogen) atoms. The number of nitrogens with zero attached hydrogens (tertiary/aromatic N) is 2. The van der Waals surface area contributed by atoms with Crippen LogP contribution in [-0.4, -0.2) is 32.9 Å². The SMILES string of the molecule is Cc1ccccc1-n1nc(C(=O)NC(C)(C)CO)c2c1CCC2. The van der Waals surface area contributed by atoms with Crippen molar-refractivity contribution < 1.29 is 9.90 Å². The number of nitrogens with one attached hydrogen (secondary N) is 1. The van der Waals surface area contributed by atoms with Gasteiger partial charge < -0.3 is 10.4 Å². The Morgan fingerprint density at radius 2 is 2.09 bits per heavy atom. The van der Waals surface area contributed by atoms with E-state index in [0.29, 0.717) is 5.69 Å². The number of benzene rings is 1. The lowest BCUT2D eigenvalue weighted by Gasteiger charge is -2.23. The maximum atomic E-state index is 12.6. The molecule has 122 valence electrons. The molecule has 0 aliphatic heterocycles. The minimum atomic E-state index is -0.658. The fourth-order valence-corrected chi connectivity index (χ4v) is 3.03. The van der Waals surface area contributed by atoms with Crippen LogP contribution in [0.4, 0.5) is 0 Å². The standard InChI is InChI=1S/C18H23N3O2/c1-12-7-4-5-9-14(12)21-15-10-6-8-13(15)16(20-21)17(23)19-18(2,3)11-22/h4-5,7,9,22H,6,8,10-11H2,1-3H3,(H,19,23). The van der Waals surface area contributed by atoms with Crippen LogP contribution in [0.15, 0.2) is 24.3 Å². The molecular weight excluding hydrogens is 290 g/mol. The lowest BCUT2D eigenvalue weighted by atomic mass is 10.1. The van der Waals surface area contributed by atoms with Crippen molar-refractivity contribution in [3.63, 3.8) is 0 Å². The molecule has 2 N–H and O–H groups in total. The molecule has 1 aromatic carbocycles. The van der Waals surface area contributed by atoms with Gasteiger partial charge in [-0.1, -0.05) is 18.2 Å². The Hall–Kier alpha value is -2.14. The first-order chi connectivity index (χ1) is 10.9. The van der Waals surface area contributed by atoms with Crippen molar-refractivity contribution in [1.82, 2.24) is 15.1 Å². The number of aryl methyl sites for hydroxylation is 1. The van der Waals surface area contributed by atoms with Gasteiger partial charge in [-0.2, -0.15) is 5.10 Å². The van der Waals surface area contributed by atoms with Crippen molar-refractivity contribution >= 4 is 5.91 Å². The highest BCUT2D eigenvalue weighted by atomic mass is 16.3. The Kier molecular flexibility index (Phi) is 3.98. The summed E-state index contributed by atoms with van der Waals surface area (Å²) in [4.78, 5) is 12.6. The summed E-state index contributed by atoms with van der Waals surface area (Å²) in [6.45, 7) is 5.53. The molecular formula is C18H23N3O2. The Balaban J connectivity index is 2.03. The first kappa shape index (κ1) is 15.7. The average Bonchev–Trinajstić information content (AvgIpc) is 3.09. The third kappa shape index (κ3) is 2.88. The fraction of sp³-hybridized carbons (Fsp3) is 0.444. The van der Waals surface area contributed by atoms with Gasteiger partial charge in [-0.05, 0) is 51.7 Å². The molecule has 1 heterocycles. The highest BCUT2D eigenvalue weighted by Gasteiger charge is 2.29. The number of rotatable bonds is 4. The first-order valence-electron chi connectivity index (χ1n) is 8.03. The summed E-state index contributed by atoms with van der Waals surface area (Å²) in [6, 6.07) is 8.06. The molecule has 0 unspecified atom stereocenters. The van der Waals surface area contributed by atoms with E-state index in [1.165, 1.54) is 0 Å². The van der Waals surface area contributed by atoms with Gasteiger partial charge in [0.15, 0.2) is 5.69 Å². The summed E-state index contributed by atoms with van der Waals surface area (Å²) in [5.41, 5.74) is 4.15. The highest BCUT2D eigenvalue weighted by molar-refractivity contribution is 5.94. The van der Waals surface area contributed by atoms with Crippen LogP contribution in [0, 0.1) is 6.92 Å². The molecule has 1 aliphatic carbocycles. The normalized spacial score (nSPS) is 13.9. The average molecular weight is 313 g/mol.